The molecule has 0 aromatic heterocycles. The Morgan fingerprint density at radius 3 is 2.05 bits per heavy atom. The Morgan fingerprint density at radius 1 is 0.759 bits per heavy atom. The summed E-state index contributed by atoms with van der Waals surface area (Å²) in [5.74, 6) is 3.11. The first-order valence-electron chi connectivity index (χ1n) is 22.9. The van der Waals surface area contributed by atoms with Gasteiger partial charge in [0.2, 0.25) is 0 Å². The van der Waals surface area contributed by atoms with Crippen molar-refractivity contribution in [2.45, 2.75) is 198 Å². The van der Waals surface area contributed by atoms with Crippen LogP contribution < -0.4 is 9.47 Å². The Balaban J connectivity index is 1.42. The highest BCUT2D eigenvalue weighted by atomic mass is 16.5. The van der Waals surface area contributed by atoms with E-state index in [2.05, 4.69) is 87.5 Å². The highest BCUT2D eigenvalue weighted by Gasteiger charge is 2.35. The molecule has 0 radical (unpaired) electrons. The van der Waals surface area contributed by atoms with Gasteiger partial charge in [0.05, 0.1) is 12.8 Å². The molecule has 0 saturated heterocycles. The van der Waals surface area contributed by atoms with Crippen LogP contribution in [0.1, 0.15) is 188 Å². The van der Waals surface area contributed by atoms with Gasteiger partial charge in [-0.3, -0.25) is 9.59 Å². The Kier molecular flexibility index (Phi) is 19.8. The molecule has 324 valence electrons. The summed E-state index contributed by atoms with van der Waals surface area (Å²) in [5.41, 5.74) is 9.21. The molecule has 5 heteroatoms. The molecule has 58 heavy (non-hydrogen) atoms. The molecule has 1 aromatic carbocycles. The molecule has 0 fully saturated rings. The number of esters is 2. The number of hydrogen-bond acceptors (Lipinski definition) is 5. The quantitative estimate of drug-likeness (QED) is 0.0664. The molecule has 1 aromatic rings. The average Bonchev–Trinajstić information content (AvgIpc) is 3.14. The Hall–Kier alpha value is -3.34. The summed E-state index contributed by atoms with van der Waals surface area (Å²) in [6.07, 6.45) is 29.5. The first-order chi connectivity index (χ1) is 27.3. The predicted molar refractivity (Wildman–Crippen MR) is 245 cm³/mol. The van der Waals surface area contributed by atoms with Gasteiger partial charge in [0.25, 0.3) is 0 Å². The van der Waals surface area contributed by atoms with Gasteiger partial charge in [0, 0.05) is 5.56 Å². The van der Waals surface area contributed by atoms with Crippen molar-refractivity contribution in [3.8, 4) is 11.5 Å². The van der Waals surface area contributed by atoms with Crippen LogP contribution in [-0.4, -0.2) is 24.1 Å². The van der Waals surface area contributed by atoms with Gasteiger partial charge in [0.1, 0.15) is 23.7 Å². The fraction of sp³-hybridized carbons (Fsp3) is 0.660. The molecule has 1 aliphatic carbocycles. The van der Waals surface area contributed by atoms with E-state index in [1.54, 1.807) is 0 Å². The summed E-state index contributed by atoms with van der Waals surface area (Å²) in [5, 5.41) is 0. The number of allylic oxidation sites excluding steroid dienone is 9. The first-order valence-corrected chi connectivity index (χ1v) is 22.9. The van der Waals surface area contributed by atoms with Crippen LogP contribution in [0.3, 0.4) is 0 Å². The fourth-order valence-corrected chi connectivity index (χ4v) is 8.82. The van der Waals surface area contributed by atoms with Crippen molar-refractivity contribution < 1.29 is 23.8 Å². The van der Waals surface area contributed by atoms with E-state index in [4.69, 9.17) is 14.2 Å². The summed E-state index contributed by atoms with van der Waals surface area (Å²) in [6, 6.07) is 0. The molecule has 0 spiro atoms. The second-order valence-corrected chi connectivity index (χ2v) is 19.6. The Morgan fingerprint density at radius 2 is 1.40 bits per heavy atom. The normalized spacial score (nSPS) is 19.8. The maximum absolute atomic E-state index is 13.0. The number of hydrogen-bond donors (Lipinski definition) is 0. The van der Waals surface area contributed by atoms with Crippen molar-refractivity contribution >= 4 is 11.9 Å². The van der Waals surface area contributed by atoms with E-state index in [9.17, 15) is 9.59 Å². The molecule has 0 bridgehead atoms. The van der Waals surface area contributed by atoms with Crippen molar-refractivity contribution in [3.63, 3.8) is 0 Å². The average molecular weight is 799 g/mol. The van der Waals surface area contributed by atoms with Crippen LogP contribution in [0.25, 0.3) is 0 Å². The van der Waals surface area contributed by atoms with E-state index in [1.807, 2.05) is 39.0 Å². The summed E-state index contributed by atoms with van der Waals surface area (Å²) >= 11 is 0. The number of carbonyl (C=O) groups excluding carboxylic acids is 2. The molecule has 3 unspecified atom stereocenters. The van der Waals surface area contributed by atoms with Gasteiger partial charge in [0.15, 0.2) is 0 Å². The van der Waals surface area contributed by atoms with E-state index < -0.39 is 11.9 Å². The molecular formula is C53H82O5. The Labute approximate surface area is 355 Å². The second-order valence-electron chi connectivity index (χ2n) is 19.6. The summed E-state index contributed by atoms with van der Waals surface area (Å²) in [4.78, 5) is 25.5. The van der Waals surface area contributed by atoms with Gasteiger partial charge in [-0.15, -0.1) is 0 Å². The maximum Gasteiger partial charge on any atom is 0.311 e. The van der Waals surface area contributed by atoms with Crippen molar-refractivity contribution in [1.29, 1.82) is 0 Å². The zero-order valence-corrected chi connectivity index (χ0v) is 39.3. The van der Waals surface area contributed by atoms with Crippen LogP contribution in [0.4, 0.5) is 0 Å². The number of benzene rings is 1. The molecule has 0 N–H and O–H groups in total. The lowest BCUT2D eigenvalue weighted by Gasteiger charge is -2.38. The van der Waals surface area contributed by atoms with Crippen molar-refractivity contribution in [2.75, 3.05) is 6.61 Å². The topological polar surface area (TPSA) is 61.8 Å². The van der Waals surface area contributed by atoms with Crippen molar-refractivity contribution in [2.24, 2.45) is 23.2 Å². The van der Waals surface area contributed by atoms with Gasteiger partial charge in [-0.05, 0) is 145 Å². The minimum atomic E-state index is -0.428. The first kappa shape index (κ1) is 49.0. The van der Waals surface area contributed by atoms with Crippen LogP contribution in [0.2, 0.25) is 0 Å². The summed E-state index contributed by atoms with van der Waals surface area (Å²) in [7, 11) is 0. The molecule has 3 atom stereocenters. The predicted octanol–water partition coefficient (Wildman–Crippen LogP) is 14.9. The van der Waals surface area contributed by atoms with E-state index in [0.29, 0.717) is 5.75 Å². The minimum absolute atomic E-state index is 0.0256. The van der Waals surface area contributed by atoms with Gasteiger partial charge in [-0.1, -0.05) is 134 Å². The van der Waals surface area contributed by atoms with Crippen LogP contribution in [0.5, 0.6) is 11.5 Å². The fourth-order valence-electron chi connectivity index (χ4n) is 8.82. The van der Waals surface area contributed by atoms with Gasteiger partial charge in [-0.25, -0.2) is 0 Å². The summed E-state index contributed by atoms with van der Waals surface area (Å²) in [6.45, 7) is 29.0. The largest absolute Gasteiger partial charge is 0.487 e. The van der Waals surface area contributed by atoms with Gasteiger partial charge < -0.3 is 14.2 Å². The van der Waals surface area contributed by atoms with Crippen molar-refractivity contribution in [1.82, 2.24) is 0 Å². The number of rotatable bonds is 22. The minimum Gasteiger partial charge on any atom is -0.487 e. The lowest BCUT2D eigenvalue weighted by Crippen LogP contribution is -2.37. The third-order valence-corrected chi connectivity index (χ3v) is 13.0. The highest BCUT2D eigenvalue weighted by molar-refractivity contribution is 5.80. The van der Waals surface area contributed by atoms with Crippen LogP contribution in [0, 0.1) is 43.9 Å². The molecule has 5 nitrogen and oxygen atoms in total. The zero-order chi connectivity index (χ0) is 43.0. The van der Waals surface area contributed by atoms with E-state index in [1.165, 1.54) is 87.3 Å². The Bertz CT molecular complexity index is 1680. The third kappa shape index (κ3) is 16.0. The SMILES string of the molecule is CC1=C(/C=C/C(C)=C/C=C/C(C)=C/COC(=O)CCC(=O)Oc2c(C)c(C)c3c(c2C)CCC(C)(CCCC(C)CCCC(C)CCCC(C)C)O3)C(C)(C)CCC1. The lowest BCUT2D eigenvalue weighted by molar-refractivity contribution is -0.146. The van der Waals surface area contributed by atoms with E-state index in [0.717, 1.165) is 70.6 Å². The highest BCUT2D eigenvalue weighted by Crippen LogP contribution is 2.45. The van der Waals surface area contributed by atoms with Crippen LogP contribution in [0.15, 0.2) is 58.7 Å². The number of fused-ring (bicyclic) bond motifs is 1. The summed E-state index contributed by atoms with van der Waals surface area (Å²) < 4.78 is 18.2. The van der Waals surface area contributed by atoms with Crippen molar-refractivity contribution in [3.05, 3.63) is 81.0 Å². The lowest BCUT2D eigenvalue weighted by atomic mass is 9.72. The molecule has 0 amide bonds. The van der Waals surface area contributed by atoms with Crippen LogP contribution in [-0.2, 0) is 20.7 Å². The van der Waals surface area contributed by atoms with Gasteiger partial charge in [-0.2, -0.15) is 0 Å². The van der Waals surface area contributed by atoms with Gasteiger partial charge >= 0.3 is 11.9 Å². The van der Waals surface area contributed by atoms with E-state index in [-0.39, 0.29) is 30.5 Å². The molecule has 3 rings (SSSR count). The second kappa shape index (κ2) is 23.4. The molecule has 2 aliphatic rings. The molecule has 1 heterocycles. The smallest absolute Gasteiger partial charge is 0.311 e. The number of ether oxygens (including phenoxy) is 3. The maximum atomic E-state index is 13.0. The molecule has 1 aliphatic heterocycles. The number of carbonyl (C=O) groups is 2. The zero-order valence-electron chi connectivity index (χ0n) is 39.3. The van der Waals surface area contributed by atoms with E-state index >= 15 is 0 Å². The monoisotopic (exact) mass is 799 g/mol. The molecule has 0 saturated carbocycles. The molecular weight excluding hydrogens is 717 g/mol. The third-order valence-electron chi connectivity index (χ3n) is 13.0. The standard InChI is InChI=1S/C53H82O5/c1-37(2)19-14-20-38(3)21-15-22-39(4)25-17-34-53(13)35-31-46-45(10)50(43(8)44(9)51(46)58-53)57-49(55)30-29-48(54)56-36-32-41(6)24-16-23-40(5)27-28-47-42(7)26-18-33-52(47,11)12/h16,23-24,27-28,32,37-39H,14-15,17-22,25-26,29-31,33-36H2,1-13H3/b24-16+,28-27+,40-23+,41-32+. The van der Waals surface area contributed by atoms with Crippen LogP contribution >= 0.6 is 0 Å².